The van der Waals surface area contributed by atoms with Crippen LogP contribution in [0, 0.1) is 18.8 Å². The smallest absolute Gasteiger partial charge is 0.244 e. The molecule has 1 atom stereocenters. The highest BCUT2D eigenvalue weighted by atomic mass is 32.2. The molecule has 3 aromatic carbocycles. The first-order valence-electron chi connectivity index (χ1n) is 11.5. The van der Waals surface area contributed by atoms with Gasteiger partial charge in [-0.2, -0.15) is 4.31 Å². The average molecular weight is 475 g/mol. The lowest BCUT2D eigenvalue weighted by atomic mass is 10.1. The Hall–Kier alpha value is -2.95. The monoisotopic (exact) mass is 474 g/mol. The molecule has 0 amide bonds. The summed E-state index contributed by atoms with van der Waals surface area (Å²) in [7, 11) is -3.71. The molecule has 0 aliphatic carbocycles. The van der Waals surface area contributed by atoms with Gasteiger partial charge in [-0.15, -0.1) is 0 Å². The molecule has 1 heterocycles. The maximum absolute atomic E-state index is 13.5. The van der Waals surface area contributed by atoms with Gasteiger partial charge in [0.15, 0.2) is 0 Å². The minimum Gasteiger partial charge on any atom is -0.379 e. The van der Waals surface area contributed by atoms with E-state index < -0.39 is 10.0 Å². The van der Waals surface area contributed by atoms with Crippen molar-refractivity contribution in [3.63, 3.8) is 0 Å². The van der Waals surface area contributed by atoms with Gasteiger partial charge in [0, 0.05) is 19.6 Å². The van der Waals surface area contributed by atoms with Crippen LogP contribution in [-0.4, -0.2) is 50.5 Å². The molecule has 0 saturated carbocycles. The van der Waals surface area contributed by atoms with Gasteiger partial charge in [0.25, 0.3) is 0 Å². The Bertz CT molecular complexity index is 1210. The van der Waals surface area contributed by atoms with Crippen LogP contribution in [0.25, 0.3) is 0 Å². The third-order valence-corrected chi connectivity index (χ3v) is 7.69. The summed E-state index contributed by atoms with van der Waals surface area (Å²) in [5.74, 6) is 6.57. The minimum atomic E-state index is -3.71. The highest BCUT2D eigenvalue weighted by Gasteiger charge is 2.25. The van der Waals surface area contributed by atoms with Crippen LogP contribution in [0.15, 0.2) is 89.8 Å². The Balaban J connectivity index is 1.62. The number of morpholine rings is 1. The van der Waals surface area contributed by atoms with Crippen LogP contribution in [0.5, 0.6) is 0 Å². The molecule has 1 unspecified atom stereocenters. The number of aryl methyl sites for hydroxylation is 1. The fourth-order valence-corrected chi connectivity index (χ4v) is 5.29. The molecule has 0 aromatic heterocycles. The summed E-state index contributed by atoms with van der Waals surface area (Å²) in [4.78, 5) is 2.57. The van der Waals surface area contributed by atoms with Gasteiger partial charge in [-0.3, -0.25) is 4.90 Å². The number of hydrogen-bond donors (Lipinski definition) is 0. The van der Waals surface area contributed by atoms with E-state index in [0.717, 1.165) is 29.8 Å². The zero-order valence-electron chi connectivity index (χ0n) is 19.4. The first-order chi connectivity index (χ1) is 16.5. The maximum atomic E-state index is 13.5. The second-order valence-electron chi connectivity index (χ2n) is 8.35. The van der Waals surface area contributed by atoms with Crippen molar-refractivity contribution in [1.82, 2.24) is 9.21 Å². The van der Waals surface area contributed by atoms with Gasteiger partial charge in [0.2, 0.25) is 10.0 Å². The molecule has 176 valence electrons. The molecule has 34 heavy (non-hydrogen) atoms. The van der Waals surface area contributed by atoms with E-state index in [1.165, 1.54) is 4.31 Å². The summed E-state index contributed by atoms with van der Waals surface area (Å²) in [6.45, 7) is 5.25. The summed E-state index contributed by atoms with van der Waals surface area (Å²) >= 11 is 0. The Morgan fingerprint density at radius 1 is 0.912 bits per heavy atom. The number of sulfonamides is 1. The first kappa shape index (κ1) is 24.2. The topological polar surface area (TPSA) is 49.9 Å². The van der Waals surface area contributed by atoms with E-state index in [1.54, 1.807) is 12.1 Å². The fourth-order valence-electron chi connectivity index (χ4n) is 3.96. The Labute approximate surface area is 203 Å². The molecule has 3 aromatic rings. The van der Waals surface area contributed by atoms with Gasteiger partial charge in [-0.05, 0) is 30.2 Å². The SMILES string of the molecule is Cc1ccc(S(=O)(=O)N(CC#CC(c2ccccc2)N2CCOCC2)Cc2ccccc2)cc1. The van der Waals surface area contributed by atoms with Crippen LogP contribution in [0.3, 0.4) is 0 Å². The lowest BCUT2D eigenvalue weighted by Gasteiger charge is -2.31. The quantitative estimate of drug-likeness (QED) is 0.480. The molecule has 1 saturated heterocycles. The molecule has 0 N–H and O–H groups in total. The fraction of sp³-hybridized carbons (Fsp3) is 0.286. The van der Waals surface area contributed by atoms with E-state index >= 15 is 0 Å². The highest BCUT2D eigenvalue weighted by molar-refractivity contribution is 7.89. The van der Waals surface area contributed by atoms with Crippen LogP contribution in [0.4, 0.5) is 0 Å². The molecular weight excluding hydrogens is 444 g/mol. The summed E-state index contributed by atoms with van der Waals surface area (Å²) in [6.07, 6.45) is 0. The van der Waals surface area contributed by atoms with E-state index in [2.05, 4.69) is 28.9 Å². The van der Waals surface area contributed by atoms with Crippen LogP contribution in [0.2, 0.25) is 0 Å². The largest absolute Gasteiger partial charge is 0.379 e. The highest BCUT2D eigenvalue weighted by Crippen LogP contribution is 2.22. The van der Waals surface area contributed by atoms with Gasteiger partial charge < -0.3 is 4.74 Å². The summed E-state index contributed by atoms with van der Waals surface area (Å²) < 4.78 is 34.0. The standard InChI is InChI=1S/C28H30N2O3S/c1-24-14-16-27(17-15-24)34(31,32)30(23-25-9-4-2-5-10-25)18-8-13-28(26-11-6-3-7-12-26)29-19-21-33-22-20-29/h2-7,9-12,14-17,28H,18-23H2,1H3. The second-order valence-corrected chi connectivity index (χ2v) is 10.3. The third-order valence-electron chi connectivity index (χ3n) is 5.88. The summed E-state index contributed by atoms with van der Waals surface area (Å²) in [6, 6.07) is 26.6. The van der Waals surface area contributed by atoms with Crippen molar-refractivity contribution in [2.75, 3.05) is 32.8 Å². The van der Waals surface area contributed by atoms with Gasteiger partial charge in [0.1, 0.15) is 0 Å². The van der Waals surface area contributed by atoms with Crippen LogP contribution < -0.4 is 0 Å². The molecule has 5 nitrogen and oxygen atoms in total. The molecule has 6 heteroatoms. The van der Waals surface area contributed by atoms with Crippen LogP contribution in [-0.2, 0) is 21.3 Å². The number of hydrogen-bond acceptors (Lipinski definition) is 4. The number of nitrogens with zero attached hydrogens (tertiary/aromatic N) is 2. The molecule has 1 aliphatic rings. The molecule has 0 radical (unpaired) electrons. The average Bonchev–Trinajstić information content (AvgIpc) is 2.88. The minimum absolute atomic E-state index is 0.106. The van der Waals surface area contributed by atoms with Crippen molar-refractivity contribution in [2.24, 2.45) is 0 Å². The third kappa shape index (κ3) is 6.13. The van der Waals surface area contributed by atoms with Gasteiger partial charge >= 0.3 is 0 Å². The van der Waals surface area contributed by atoms with E-state index in [0.29, 0.717) is 13.2 Å². The lowest BCUT2D eigenvalue weighted by molar-refractivity contribution is 0.0269. The summed E-state index contributed by atoms with van der Waals surface area (Å²) in [5.41, 5.74) is 3.05. The maximum Gasteiger partial charge on any atom is 0.244 e. The van der Waals surface area contributed by atoms with Gasteiger partial charge in [-0.25, -0.2) is 8.42 Å². The Kier molecular flexibility index (Phi) is 8.15. The zero-order chi connectivity index (χ0) is 23.8. The summed E-state index contributed by atoms with van der Waals surface area (Å²) in [5, 5.41) is 0. The van der Waals surface area contributed by atoms with Crippen LogP contribution in [0.1, 0.15) is 22.7 Å². The molecule has 4 rings (SSSR count). The van der Waals surface area contributed by atoms with E-state index in [9.17, 15) is 8.42 Å². The predicted molar refractivity (Wildman–Crippen MR) is 135 cm³/mol. The van der Waals surface area contributed by atoms with Crippen molar-refractivity contribution >= 4 is 10.0 Å². The van der Waals surface area contributed by atoms with E-state index in [4.69, 9.17) is 4.74 Å². The van der Waals surface area contributed by atoms with Gasteiger partial charge in [0.05, 0.1) is 30.7 Å². The molecule has 0 spiro atoms. The molecule has 0 bridgehead atoms. The van der Waals surface area contributed by atoms with E-state index in [-0.39, 0.29) is 24.0 Å². The molecule has 1 fully saturated rings. The van der Waals surface area contributed by atoms with Crippen molar-refractivity contribution in [3.8, 4) is 11.8 Å². The Morgan fingerprint density at radius 2 is 1.53 bits per heavy atom. The lowest BCUT2D eigenvalue weighted by Crippen LogP contribution is -2.38. The number of rotatable bonds is 7. The predicted octanol–water partition coefficient (Wildman–Crippen LogP) is 4.26. The molecular formula is C28H30N2O3S. The number of benzene rings is 3. The second kappa shape index (κ2) is 11.5. The van der Waals surface area contributed by atoms with Crippen molar-refractivity contribution in [3.05, 3.63) is 102 Å². The van der Waals surface area contributed by atoms with Crippen LogP contribution >= 0.6 is 0 Å². The normalized spacial score (nSPS) is 15.5. The Morgan fingerprint density at radius 3 is 2.18 bits per heavy atom. The van der Waals surface area contributed by atoms with E-state index in [1.807, 2.05) is 67.6 Å². The number of ether oxygens (including phenoxy) is 1. The van der Waals surface area contributed by atoms with Gasteiger partial charge in [-0.1, -0.05) is 90.2 Å². The zero-order valence-corrected chi connectivity index (χ0v) is 20.2. The molecule has 1 aliphatic heterocycles. The van der Waals surface area contributed by atoms with Crippen molar-refractivity contribution in [1.29, 1.82) is 0 Å². The first-order valence-corrected chi connectivity index (χ1v) is 12.9. The van der Waals surface area contributed by atoms with Crippen molar-refractivity contribution in [2.45, 2.75) is 24.4 Å². The van der Waals surface area contributed by atoms with Crippen molar-refractivity contribution < 1.29 is 13.2 Å².